The van der Waals surface area contributed by atoms with Crippen molar-refractivity contribution in [1.82, 2.24) is 14.5 Å². The van der Waals surface area contributed by atoms with Crippen LogP contribution in [-0.4, -0.2) is 93.5 Å². The molecule has 2 saturated heterocycles. The van der Waals surface area contributed by atoms with E-state index in [0.717, 1.165) is 0 Å². The van der Waals surface area contributed by atoms with Crippen LogP contribution in [0.5, 0.6) is 0 Å². The molecular weight excluding hydrogens is 370 g/mol. The summed E-state index contributed by atoms with van der Waals surface area (Å²) in [4.78, 5) is 14.3. The lowest BCUT2D eigenvalue weighted by Gasteiger charge is -2.38. The lowest BCUT2D eigenvalue weighted by Crippen LogP contribution is -2.60. The van der Waals surface area contributed by atoms with Crippen LogP contribution in [0.2, 0.25) is 0 Å². The summed E-state index contributed by atoms with van der Waals surface area (Å²) >= 11 is 0. The number of ether oxygens (including phenoxy) is 2. The van der Waals surface area contributed by atoms with Gasteiger partial charge in [0, 0.05) is 32.7 Å². The van der Waals surface area contributed by atoms with Gasteiger partial charge in [0.2, 0.25) is 15.9 Å². The minimum absolute atomic E-state index is 0. The molecule has 2 fully saturated rings. The Hall–Kier alpha value is -0.450. The maximum Gasteiger partial charge on any atom is 0.242 e. The van der Waals surface area contributed by atoms with E-state index in [1.54, 1.807) is 4.90 Å². The molecule has 0 saturated carbocycles. The average molecular weight is 400 g/mol. The smallest absolute Gasteiger partial charge is 0.242 e. The first-order valence-electron chi connectivity index (χ1n) is 8.54. The summed E-state index contributed by atoms with van der Waals surface area (Å²) in [5.41, 5.74) is 0. The van der Waals surface area contributed by atoms with Crippen LogP contribution in [0.4, 0.5) is 0 Å². The Morgan fingerprint density at radius 3 is 2.48 bits per heavy atom. The molecule has 1 amide bonds. The molecule has 0 aromatic heterocycles. The zero-order valence-corrected chi connectivity index (χ0v) is 16.8. The fourth-order valence-corrected chi connectivity index (χ4v) is 4.20. The van der Waals surface area contributed by atoms with Crippen LogP contribution in [0.3, 0.4) is 0 Å². The topological polar surface area (TPSA) is 88.2 Å². The quantitative estimate of drug-likeness (QED) is 0.658. The molecule has 148 valence electrons. The second kappa shape index (κ2) is 10.0. The summed E-state index contributed by atoms with van der Waals surface area (Å²) in [5, 5.41) is 3.18. The number of piperazine rings is 1. The van der Waals surface area contributed by atoms with Crippen molar-refractivity contribution in [2.45, 2.75) is 39.0 Å². The number of carbonyl (C=O) groups excluding carboxylic acids is 1. The second-order valence-electron chi connectivity index (χ2n) is 6.47. The standard InChI is InChI=1S/C15H29N3O5S.ClH/c1-12(2)22-10-11-24(20,21)18-7-5-17(6-8-18)15(19)14-13(3)23-9-4-16-14;/h12-14,16H,4-11H2,1-3H3;1H/t13-,14+;/m1./s1. The minimum Gasteiger partial charge on any atom is -0.378 e. The van der Waals surface area contributed by atoms with E-state index in [0.29, 0.717) is 39.3 Å². The Bertz CT molecular complexity index is 523. The van der Waals surface area contributed by atoms with Crippen molar-refractivity contribution < 1.29 is 22.7 Å². The first-order chi connectivity index (χ1) is 11.3. The Balaban J connectivity index is 0.00000312. The number of rotatable bonds is 6. The summed E-state index contributed by atoms with van der Waals surface area (Å²) in [6.07, 6.45) is -0.150. The van der Waals surface area contributed by atoms with Crippen LogP contribution in [0.25, 0.3) is 0 Å². The maximum atomic E-state index is 12.6. The van der Waals surface area contributed by atoms with Crippen LogP contribution in [0.15, 0.2) is 0 Å². The van der Waals surface area contributed by atoms with Crippen molar-refractivity contribution in [3.05, 3.63) is 0 Å². The van der Waals surface area contributed by atoms with Crippen molar-refractivity contribution in [3.8, 4) is 0 Å². The Morgan fingerprint density at radius 1 is 1.28 bits per heavy atom. The normalized spacial score (nSPS) is 25.7. The molecule has 0 aromatic rings. The van der Waals surface area contributed by atoms with E-state index in [1.807, 2.05) is 20.8 Å². The molecule has 2 heterocycles. The van der Waals surface area contributed by atoms with Crippen molar-refractivity contribution in [2.24, 2.45) is 0 Å². The molecule has 0 radical (unpaired) electrons. The van der Waals surface area contributed by atoms with Crippen LogP contribution >= 0.6 is 12.4 Å². The van der Waals surface area contributed by atoms with Gasteiger partial charge in [0.25, 0.3) is 0 Å². The molecule has 25 heavy (non-hydrogen) atoms. The SMILES string of the molecule is CC(C)OCCS(=O)(=O)N1CCN(C(=O)[C@H]2NCCO[C@@H]2C)CC1.Cl. The zero-order chi connectivity index (χ0) is 17.7. The van der Waals surface area contributed by atoms with Gasteiger partial charge in [-0.3, -0.25) is 4.79 Å². The third-order valence-corrected chi connectivity index (χ3v) is 6.15. The number of hydrogen-bond donors (Lipinski definition) is 1. The van der Waals surface area contributed by atoms with Gasteiger partial charge in [-0.25, -0.2) is 8.42 Å². The van der Waals surface area contributed by atoms with Gasteiger partial charge in [-0.1, -0.05) is 0 Å². The highest BCUT2D eigenvalue weighted by Gasteiger charge is 2.35. The molecule has 2 atom stereocenters. The number of amides is 1. The Morgan fingerprint density at radius 2 is 1.92 bits per heavy atom. The molecule has 2 aliphatic rings. The van der Waals surface area contributed by atoms with Crippen LogP contribution in [-0.2, 0) is 24.3 Å². The highest BCUT2D eigenvalue weighted by molar-refractivity contribution is 7.89. The average Bonchev–Trinajstić information content (AvgIpc) is 2.54. The van der Waals surface area contributed by atoms with Gasteiger partial charge in [-0.2, -0.15) is 4.31 Å². The number of nitrogens with zero attached hydrogens (tertiary/aromatic N) is 2. The highest BCUT2D eigenvalue weighted by atomic mass is 35.5. The summed E-state index contributed by atoms with van der Waals surface area (Å²) in [7, 11) is -3.33. The molecule has 0 aromatic carbocycles. The monoisotopic (exact) mass is 399 g/mol. The molecule has 2 rings (SSSR count). The number of nitrogens with one attached hydrogen (secondary N) is 1. The van der Waals surface area contributed by atoms with Gasteiger partial charge in [0.05, 0.1) is 31.2 Å². The molecule has 2 aliphatic heterocycles. The number of carbonyl (C=O) groups is 1. The van der Waals surface area contributed by atoms with Gasteiger partial charge in [0.1, 0.15) is 6.04 Å². The summed E-state index contributed by atoms with van der Waals surface area (Å²) in [5.74, 6) is -0.0313. The van der Waals surface area contributed by atoms with E-state index in [2.05, 4.69) is 5.32 Å². The van der Waals surface area contributed by atoms with Gasteiger partial charge >= 0.3 is 0 Å². The number of morpholine rings is 1. The molecule has 8 nitrogen and oxygen atoms in total. The van der Waals surface area contributed by atoms with Gasteiger partial charge in [-0.05, 0) is 20.8 Å². The third kappa shape index (κ3) is 6.33. The minimum atomic E-state index is -3.33. The lowest BCUT2D eigenvalue weighted by molar-refractivity contribution is -0.140. The van der Waals surface area contributed by atoms with E-state index in [1.165, 1.54) is 4.31 Å². The van der Waals surface area contributed by atoms with Gasteiger partial charge < -0.3 is 19.7 Å². The highest BCUT2D eigenvalue weighted by Crippen LogP contribution is 2.13. The van der Waals surface area contributed by atoms with Gasteiger partial charge in [-0.15, -0.1) is 12.4 Å². The van der Waals surface area contributed by atoms with E-state index in [4.69, 9.17) is 9.47 Å². The van der Waals surface area contributed by atoms with E-state index < -0.39 is 10.0 Å². The Kier molecular flexibility index (Phi) is 9.07. The largest absolute Gasteiger partial charge is 0.378 e. The first-order valence-corrected chi connectivity index (χ1v) is 10.2. The van der Waals surface area contributed by atoms with E-state index >= 15 is 0 Å². The molecular formula is C15H30ClN3O5S. The fraction of sp³-hybridized carbons (Fsp3) is 0.933. The van der Waals surface area contributed by atoms with Crippen LogP contribution in [0, 0.1) is 0 Å². The molecule has 0 aliphatic carbocycles. The van der Waals surface area contributed by atoms with Crippen molar-refractivity contribution >= 4 is 28.3 Å². The third-order valence-electron chi connectivity index (χ3n) is 4.32. The van der Waals surface area contributed by atoms with Crippen molar-refractivity contribution in [2.75, 3.05) is 51.7 Å². The molecule has 0 spiro atoms. The Labute approximate surface area is 156 Å². The van der Waals surface area contributed by atoms with Gasteiger partial charge in [0.15, 0.2) is 0 Å². The fourth-order valence-electron chi connectivity index (χ4n) is 2.91. The predicted molar refractivity (Wildman–Crippen MR) is 97.5 cm³/mol. The number of sulfonamides is 1. The molecule has 10 heteroatoms. The van der Waals surface area contributed by atoms with Crippen molar-refractivity contribution in [1.29, 1.82) is 0 Å². The van der Waals surface area contributed by atoms with E-state index in [9.17, 15) is 13.2 Å². The zero-order valence-electron chi connectivity index (χ0n) is 15.1. The van der Waals surface area contributed by atoms with Crippen LogP contribution < -0.4 is 5.32 Å². The molecule has 0 unspecified atom stereocenters. The number of hydrogen-bond acceptors (Lipinski definition) is 6. The van der Waals surface area contributed by atoms with Crippen LogP contribution in [0.1, 0.15) is 20.8 Å². The van der Waals surface area contributed by atoms with Crippen molar-refractivity contribution in [3.63, 3.8) is 0 Å². The first kappa shape index (κ1) is 22.6. The summed E-state index contributed by atoms with van der Waals surface area (Å²) in [6, 6.07) is -0.346. The van der Waals surface area contributed by atoms with E-state index in [-0.39, 0.29) is 48.9 Å². The summed E-state index contributed by atoms with van der Waals surface area (Å²) in [6.45, 7) is 8.57. The predicted octanol–water partition coefficient (Wildman–Crippen LogP) is -0.316. The maximum absolute atomic E-state index is 12.6. The molecule has 0 bridgehead atoms. The summed E-state index contributed by atoms with van der Waals surface area (Å²) < 4.78 is 36.9. The lowest BCUT2D eigenvalue weighted by atomic mass is 10.1. The number of halogens is 1. The molecule has 1 N–H and O–H groups in total. The second-order valence-corrected chi connectivity index (χ2v) is 8.56.